The SMILES string of the molecule is CCc1cc2c(NCC(C)C(C)C)nc(NN)nc2s1. The van der Waals surface area contributed by atoms with Crippen LogP contribution in [0.15, 0.2) is 6.07 Å². The minimum atomic E-state index is 0.460. The molecule has 0 saturated heterocycles. The first kappa shape index (κ1) is 15.0. The smallest absolute Gasteiger partial charge is 0.240 e. The van der Waals surface area contributed by atoms with E-state index in [0.29, 0.717) is 17.8 Å². The van der Waals surface area contributed by atoms with Gasteiger partial charge in [0.15, 0.2) is 0 Å². The number of nitrogens with one attached hydrogen (secondary N) is 2. The Morgan fingerprint density at radius 3 is 2.65 bits per heavy atom. The van der Waals surface area contributed by atoms with Crippen LogP contribution in [0.4, 0.5) is 11.8 Å². The lowest BCUT2D eigenvalue weighted by Crippen LogP contribution is -2.18. The molecule has 2 heterocycles. The number of hydrogen-bond acceptors (Lipinski definition) is 6. The van der Waals surface area contributed by atoms with Crippen molar-refractivity contribution in [3.8, 4) is 0 Å². The summed E-state index contributed by atoms with van der Waals surface area (Å²) in [5, 5.41) is 4.53. The molecule has 0 bridgehead atoms. The number of aromatic nitrogens is 2. The molecule has 0 fully saturated rings. The Hall–Kier alpha value is -1.40. The van der Waals surface area contributed by atoms with E-state index in [1.165, 1.54) is 4.88 Å². The van der Waals surface area contributed by atoms with Crippen molar-refractivity contribution in [2.75, 3.05) is 17.3 Å². The van der Waals surface area contributed by atoms with Crippen molar-refractivity contribution in [2.24, 2.45) is 17.7 Å². The first-order chi connectivity index (χ1) is 9.55. The highest BCUT2D eigenvalue weighted by atomic mass is 32.1. The maximum absolute atomic E-state index is 5.46. The van der Waals surface area contributed by atoms with Gasteiger partial charge in [0.25, 0.3) is 0 Å². The van der Waals surface area contributed by atoms with Gasteiger partial charge in [-0.05, 0) is 24.3 Å². The summed E-state index contributed by atoms with van der Waals surface area (Å²) in [5.41, 5.74) is 2.54. The maximum atomic E-state index is 5.46. The van der Waals surface area contributed by atoms with Gasteiger partial charge in [-0.3, -0.25) is 5.43 Å². The van der Waals surface area contributed by atoms with Crippen LogP contribution in [0.25, 0.3) is 10.2 Å². The Balaban J connectivity index is 2.32. The van der Waals surface area contributed by atoms with Gasteiger partial charge in [0.2, 0.25) is 5.95 Å². The van der Waals surface area contributed by atoms with Crippen molar-refractivity contribution in [1.82, 2.24) is 9.97 Å². The van der Waals surface area contributed by atoms with Crippen LogP contribution in [0, 0.1) is 11.8 Å². The number of anilines is 2. The van der Waals surface area contributed by atoms with Crippen LogP contribution in [0.5, 0.6) is 0 Å². The Morgan fingerprint density at radius 1 is 1.30 bits per heavy atom. The number of hydrogen-bond donors (Lipinski definition) is 3. The molecule has 5 nitrogen and oxygen atoms in total. The average Bonchev–Trinajstić information content (AvgIpc) is 2.86. The lowest BCUT2D eigenvalue weighted by molar-refractivity contribution is 0.439. The average molecular weight is 293 g/mol. The fraction of sp³-hybridized carbons (Fsp3) is 0.571. The second-order valence-corrected chi connectivity index (χ2v) is 6.54. The predicted octanol–water partition coefficient (Wildman–Crippen LogP) is 3.24. The summed E-state index contributed by atoms with van der Waals surface area (Å²) in [5.74, 6) is 8.00. The molecular formula is C14H23N5S. The molecule has 0 aliphatic carbocycles. The van der Waals surface area contributed by atoms with Crippen LogP contribution in [0.3, 0.4) is 0 Å². The molecule has 1 unspecified atom stereocenters. The zero-order chi connectivity index (χ0) is 14.7. The van der Waals surface area contributed by atoms with Gasteiger partial charge in [0.05, 0.1) is 5.39 Å². The largest absolute Gasteiger partial charge is 0.369 e. The Labute approximate surface area is 124 Å². The first-order valence-corrected chi connectivity index (χ1v) is 7.87. The molecule has 20 heavy (non-hydrogen) atoms. The number of hydrazine groups is 1. The monoisotopic (exact) mass is 293 g/mol. The molecule has 0 aromatic carbocycles. The number of fused-ring (bicyclic) bond motifs is 1. The third-order valence-electron chi connectivity index (χ3n) is 3.65. The number of nitrogen functional groups attached to an aromatic ring is 1. The van der Waals surface area contributed by atoms with Gasteiger partial charge in [-0.15, -0.1) is 11.3 Å². The summed E-state index contributed by atoms with van der Waals surface area (Å²) in [6.07, 6.45) is 1.01. The minimum absolute atomic E-state index is 0.460. The summed E-state index contributed by atoms with van der Waals surface area (Å²) < 4.78 is 0. The highest BCUT2D eigenvalue weighted by Crippen LogP contribution is 2.30. The van der Waals surface area contributed by atoms with Crippen molar-refractivity contribution in [3.63, 3.8) is 0 Å². The molecule has 0 aliphatic heterocycles. The van der Waals surface area contributed by atoms with Crippen LogP contribution in [-0.2, 0) is 6.42 Å². The molecule has 0 saturated carbocycles. The second kappa shape index (κ2) is 6.37. The van der Waals surface area contributed by atoms with Gasteiger partial charge in [-0.2, -0.15) is 4.98 Å². The quantitative estimate of drug-likeness (QED) is 0.563. The molecule has 1 atom stereocenters. The molecule has 0 amide bonds. The van der Waals surface area contributed by atoms with Gasteiger partial charge >= 0.3 is 0 Å². The van der Waals surface area contributed by atoms with Gasteiger partial charge < -0.3 is 5.32 Å². The normalized spacial score (nSPS) is 12.9. The molecule has 110 valence electrons. The zero-order valence-electron chi connectivity index (χ0n) is 12.5. The van der Waals surface area contributed by atoms with E-state index >= 15 is 0 Å². The molecule has 2 aromatic rings. The topological polar surface area (TPSA) is 75.9 Å². The van der Waals surface area contributed by atoms with E-state index in [0.717, 1.165) is 29.0 Å². The van der Waals surface area contributed by atoms with Crippen LogP contribution in [0.1, 0.15) is 32.6 Å². The Morgan fingerprint density at radius 2 is 2.05 bits per heavy atom. The van der Waals surface area contributed by atoms with Crippen molar-refractivity contribution in [1.29, 1.82) is 0 Å². The molecule has 0 spiro atoms. The van der Waals surface area contributed by atoms with Gasteiger partial charge in [0.1, 0.15) is 10.6 Å². The number of thiophene rings is 1. The van der Waals surface area contributed by atoms with Crippen LogP contribution < -0.4 is 16.6 Å². The van der Waals surface area contributed by atoms with Crippen LogP contribution in [0.2, 0.25) is 0 Å². The fourth-order valence-corrected chi connectivity index (χ4v) is 2.81. The van der Waals surface area contributed by atoms with E-state index in [2.05, 4.69) is 54.5 Å². The van der Waals surface area contributed by atoms with Crippen molar-refractivity contribution in [3.05, 3.63) is 10.9 Å². The molecule has 6 heteroatoms. The fourth-order valence-electron chi connectivity index (χ4n) is 1.84. The van der Waals surface area contributed by atoms with E-state index in [-0.39, 0.29) is 0 Å². The lowest BCUT2D eigenvalue weighted by atomic mass is 9.98. The van der Waals surface area contributed by atoms with Gasteiger partial charge in [-0.1, -0.05) is 27.7 Å². The highest BCUT2D eigenvalue weighted by molar-refractivity contribution is 7.18. The van der Waals surface area contributed by atoms with Gasteiger partial charge in [0, 0.05) is 11.4 Å². The van der Waals surface area contributed by atoms with Gasteiger partial charge in [-0.25, -0.2) is 10.8 Å². The van der Waals surface area contributed by atoms with Crippen LogP contribution in [-0.4, -0.2) is 16.5 Å². The third-order valence-corrected chi connectivity index (χ3v) is 4.82. The zero-order valence-corrected chi connectivity index (χ0v) is 13.3. The number of nitrogens with two attached hydrogens (primary N) is 1. The molecule has 4 N–H and O–H groups in total. The lowest BCUT2D eigenvalue weighted by Gasteiger charge is -2.17. The summed E-state index contributed by atoms with van der Waals surface area (Å²) in [6.45, 7) is 9.74. The third kappa shape index (κ3) is 3.19. The van der Waals surface area contributed by atoms with Crippen molar-refractivity contribution in [2.45, 2.75) is 34.1 Å². The minimum Gasteiger partial charge on any atom is -0.369 e. The van der Waals surface area contributed by atoms with E-state index in [1.54, 1.807) is 11.3 Å². The van der Waals surface area contributed by atoms with E-state index in [1.807, 2.05) is 0 Å². The number of nitrogens with zero attached hydrogens (tertiary/aromatic N) is 2. The summed E-state index contributed by atoms with van der Waals surface area (Å²) in [6, 6.07) is 2.17. The maximum Gasteiger partial charge on any atom is 0.240 e. The molecule has 0 aliphatic rings. The second-order valence-electron chi connectivity index (χ2n) is 5.43. The Bertz CT molecular complexity index is 578. The summed E-state index contributed by atoms with van der Waals surface area (Å²) in [7, 11) is 0. The molecule has 2 aromatic heterocycles. The van der Waals surface area contributed by atoms with E-state index in [9.17, 15) is 0 Å². The predicted molar refractivity (Wildman–Crippen MR) is 87.1 cm³/mol. The highest BCUT2D eigenvalue weighted by Gasteiger charge is 2.13. The molecule has 0 radical (unpaired) electrons. The summed E-state index contributed by atoms with van der Waals surface area (Å²) >= 11 is 1.69. The van der Waals surface area contributed by atoms with E-state index < -0.39 is 0 Å². The van der Waals surface area contributed by atoms with E-state index in [4.69, 9.17) is 5.84 Å². The van der Waals surface area contributed by atoms with Crippen LogP contribution >= 0.6 is 11.3 Å². The Kier molecular flexibility index (Phi) is 4.77. The number of aryl methyl sites for hydroxylation is 1. The van der Waals surface area contributed by atoms with Crippen molar-refractivity contribution < 1.29 is 0 Å². The number of rotatable bonds is 6. The molecular weight excluding hydrogens is 270 g/mol. The first-order valence-electron chi connectivity index (χ1n) is 7.06. The molecule has 2 rings (SSSR count). The summed E-state index contributed by atoms with van der Waals surface area (Å²) in [4.78, 5) is 11.1. The van der Waals surface area contributed by atoms with Crippen molar-refractivity contribution >= 4 is 33.3 Å². The standard InChI is InChI=1S/C14H23N5S/c1-5-10-6-11-12(16-7-9(4)8(2)3)17-14(19-15)18-13(11)20-10/h6,8-9H,5,7,15H2,1-4H3,(H2,16,17,18,19).